The van der Waals surface area contributed by atoms with Crippen LogP contribution in [0.5, 0.6) is 5.75 Å². The van der Waals surface area contributed by atoms with Gasteiger partial charge in [-0.25, -0.2) is 9.97 Å². The number of halogens is 3. The second-order valence-electron chi connectivity index (χ2n) is 7.02. The van der Waals surface area contributed by atoms with E-state index < -0.39 is 23.3 Å². The molecule has 9 heteroatoms. The van der Waals surface area contributed by atoms with Crippen molar-refractivity contribution in [1.29, 1.82) is 0 Å². The summed E-state index contributed by atoms with van der Waals surface area (Å²) in [6.07, 6.45) is 1.42. The van der Waals surface area contributed by atoms with Crippen molar-refractivity contribution in [1.82, 2.24) is 15.3 Å². The van der Waals surface area contributed by atoms with Gasteiger partial charge in [0.25, 0.3) is 5.91 Å². The molecular weight excluding hydrogens is 385 g/mol. The smallest absolute Gasteiger partial charge is 0.434 e. The third kappa shape index (κ3) is 5.58. The van der Waals surface area contributed by atoms with Gasteiger partial charge in [0, 0.05) is 24.5 Å². The monoisotopic (exact) mass is 408 g/mol. The van der Waals surface area contributed by atoms with E-state index in [9.17, 15) is 18.0 Å². The Morgan fingerprint density at radius 1 is 1.24 bits per heavy atom. The highest BCUT2D eigenvalue weighted by molar-refractivity contribution is 5.95. The van der Waals surface area contributed by atoms with Gasteiger partial charge in [-0.3, -0.25) is 4.79 Å². The first-order valence-corrected chi connectivity index (χ1v) is 9.50. The topological polar surface area (TPSA) is 76.1 Å². The van der Waals surface area contributed by atoms with Gasteiger partial charge >= 0.3 is 6.18 Å². The third-order valence-corrected chi connectivity index (χ3v) is 4.90. The molecule has 29 heavy (non-hydrogen) atoms. The lowest BCUT2D eigenvalue weighted by Crippen LogP contribution is -2.32. The molecule has 0 atom stereocenters. The summed E-state index contributed by atoms with van der Waals surface area (Å²) in [5.74, 6) is -0.230. The molecule has 156 valence electrons. The van der Waals surface area contributed by atoms with Crippen molar-refractivity contribution >= 4 is 17.5 Å². The molecule has 1 aliphatic rings. The van der Waals surface area contributed by atoms with Gasteiger partial charge in [0.05, 0.1) is 12.7 Å². The molecule has 2 aromatic rings. The van der Waals surface area contributed by atoms with E-state index in [0.717, 1.165) is 38.3 Å². The first-order valence-electron chi connectivity index (χ1n) is 9.50. The molecular formula is C20H23F3N4O2. The normalized spacial score (nSPS) is 15.0. The van der Waals surface area contributed by atoms with Crippen LogP contribution in [0.4, 0.5) is 24.8 Å². The number of rotatable bonds is 6. The van der Waals surface area contributed by atoms with Crippen LogP contribution in [0.2, 0.25) is 0 Å². The Kier molecular flexibility index (Phi) is 6.56. The number of nitrogens with zero attached hydrogens (tertiary/aromatic N) is 2. The van der Waals surface area contributed by atoms with Crippen molar-refractivity contribution in [2.24, 2.45) is 5.92 Å². The van der Waals surface area contributed by atoms with Crippen LogP contribution in [-0.2, 0) is 6.18 Å². The van der Waals surface area contributed by atoms with Crippen LogP contribution in [0.1, 0.15) is 48.2 Å². The molecule has 0 unspecified atom stereocenters. The van der Waals surface area contributed by atoms with Gasteiger partial charge in [-0.2, -0.15) is 13.2 Å². The number of anilines is 2. The lowest BCUT2D eigenvalue weighted by molar-refractivity contribution is -0.141. The second kappa shape index (κ2) is 9.11. The largest absolute Gasteiger partial charge is 0.497 e. The zero-order chi connectivity index (χ0) is 20.9. The number of ether oxygens (including phenoxy) is 1. The first-order chi connectivity index (χ1) is 13.9. The predicted octanol–water partition coefficient (Wildman–Crippen LogP) is 4.56. The maximum Gasteiger partial charge on any atom is 0.434 e. The summed E-state index contributed by atoms with van der Waals surface area (Å²) in [6.45, 7) is 0.361. The minimum atomic E-state index is -4.79. The number of hydrogen-bond donors (Lipinski definition) is 2. The summed E-state index contributed by atoms with van der Waals surface area (Å²) in [5.41, 5.74) is -1.38. The fraction of sp³-hybridized carbons (Fsp3) is 0.450. The maximum absolute atomic E-state index is 13.5. The average molecular weight is 408 g/mol. The van der Waals surface area contributed by atoms with Crippen LogP contribution >= 0.6 is 0 Å². The number of benzene rings is 1. The molecule has 1 fully saturated rings. The van der Waals surface area contributed by atoms with Crippen LogP contribution in [0.3, 0.4) is 0 Å². The van der Waals surface area contributed by atoms with Gasteiger partial charge in [-0.05, 0) is 30.9 Å². The molecule has 0 saturated heterocycles. The lowest BCUT2D eigenvalue weighted by atomic mass is 9.89. The molecule has 1 amide bonds. The number of carbonyl (C=O) groups is 1. The summed E-state index contributed by atoms with van der Waals surface area (Å²) in [7, 11) is 1.48. The second-order valence-corrected chi connectivity index (χ2v) is 7.02. The lowest BCUT2D eigenvalue weighted by Gasteiger charge is -2.22. The van der Waals surface area contributed by atoms with Crippen molar-refractivity contribution in [3.05, 3.63) is 41.7 Å². The molecule has 1 aromatic heterocycles. The Morgan fingerprint density at radius 3 is 2.69 bits per heavy atom. The molecule has 0 bridgehead atoms. The van der Waals surface area contributed by atoms with Gasteiger partial charge in [0.2, 0.25) is 5.95 Å². The highest BCUT2D eigenvalue weighted by Crippen LogP contribution is 2.31. The third-order valence-electron chi connectivity index (χ3n) is 4.90. The Balaban J connectivity index is 1.77. The number of hydrogen-bond acceptors (Lipinski definition) is 5. The van der Waals surface area contributed by atoms with E-state index in [1.165, 1.54) is 7.11 Å². The van der Waals surface area contributed by atoms with Crippen LogP contribution in [0.15, 0.2) is 30.5 Å². The number of carbonyl (C=O) groups excluding carboxylic acids is 1. The molecule has 2 N–H and O–H groups in total. The van der Waals surface area contributed by atoms with E-state index in [-0.39, 0.29) is 5.95 Å². The van der Waals surface area contributed by atoms with E-state index in [0.29, 0.717) is 23.9 Å². The summed E-state index contributed by atoms with van der Waals surface area (Å²) in [6, 6.07) is 6.62. The van der Waals surface area contributed by atoms with Crippen molar-refractivity contribution in [2.75, 3.05) is 19.0 Å². The Hall–Kier alpha value is -2.84. The van der Waals surface area contributed by atoms with Crippen molar-refractivity contribution in [3.8, 4) is 5.75 Å². The van der Waals surface area contributed by atoms with Gasteiger partial charge in [0.1, 0.15) is 5.75 Å². The molecule has 1 heterocycles. The minimum Gasteiger partial charge on any atom is -0.497 e. The molecule has 3 rings (SSSR count). The average Bonchev–Trinajstić information content (AvgIpc) is 2.72. The van der Waals surface area contributed by atoms with Gasteiger partial charge < -0.3 is 15.4 Å². The first kappa shape index (κ1) is 20.9. The van der Waals surface area contributed by atoms with E-state index in [2.05, 4.69) is 20.6 Å². The van der Waals surface area contributed by atoms with E-state index in [4.69, 9.17) is 4.74 Å². The fourth-order valence-corrected chi connectivity index (χ4v) is 3.38. The predicted molar refractivity (Wildman–Crippen MR) is 102 cm³/mol. The molecule has 1 aliphatic carbocycles. The quantitative estimate of drug-likeness (QED) is 0.733. The molecule has 0 radical (unpaired) electrons. The van der Waals surface area contributed by atoms with Gasteiger partial charge in [-0.1, -0.05) is 25.3 Å². The summed E-state index contributed by atoms with van der Waals surface area (Å²) in [5, 5.41) is 5.32. The van der Waals surface area contributed by atoms with Crippen molar-refractivity contribution in [3.63, 3.8) is 0 Å². The van der Waals surface area contributed by atoms with Crippen molar-refractivity contribution in [2.45, 2.75) is 38.3 Å². The SMILES string of the molecule is COc1cccc(Nc2ncc(C(=O)NCC3CCCCC3)c(C(F)(F)F)n2)c1. The van der Waals surface area contributed by atoms with Crippen LogP contribution in [0, 0.1) is 5.92 Å². The molecule has 0 aliphatic heterocycles. The van der Waals surface area contributed by atoms with E-state index in [1.54, 1.807) is 24.3 Å². The Bertz CT molecular complexity index is 852. The van der Waals surface area contributed by atoms with Crippen molar-refractivity contribution < 1.29 is 22.7 Å². The van der Waals surface area contributed by atoms with E-state index in [1.807, 2.05) is 0 Å². The number of nitrogens with one attached hydrogen (secondary N) is 2. The highest BCUT2D eigenvalue weighted by Gasteiger charge is 2.38. The highest BCUT2D eigenvalue weighted by atomic mass is 19.4. The number of methoxy groups -OCH3 is 1. The minimum absolute atomic E-state index is 0.255. The zero-order valence-electron chi connectivity index (χ0n) is 16.1. The standard InChI is InChI=1S/C20H23F3N4O2/c1-29-15-9-5-8-14(10-15)26-19-25-12-16(17(27-19)20(21,22)23)18(28)24-11-13-6-3-2-4-7-13/h5,8-10,12-13H,2-4,6-7,11H2,1H3,(H,24,28)(H,25,26,27). The van der Waals surface area contributed by atoms with Gasteiger partial charge in [-0.15, -0.1) is 0 Å². The zero-order valence-corrected chi connectivity index (χ0v) is 16.1. The number of amides is 1. The molecule has 6 nitrogen and oxygen atoms in total. The Labute approximate surface area is 166 Å². The maximum atomic E-state index is 13.5. The van der Waals surface area contributed by atoms with Crippen LogP contribution < -0.4 is 15.4 Å². The molecule has 0 spiro atoms. The fourth-order valence-electron chi connectivity index (χ4n) is 3.38. The van der Waals surface area contributed by atoms with E-state index >= 15 is 0 Å². The molecule has 1 saturated carbocycles. The van der Waals surface area contributed by atoms with Crippen LogP contribution in [-0.4, -0.2) is 29.5 Å². The number of alkyl halides is 3. The summed E-state index contributed by atoms with van der Waals surface area (Å²) < 4.78 is 45.7. The Morgan fingerprint density at radius 2 is 2.00 bits per heavy atom. The summed E-state index contributed by atoms with van der Waals surface area (Å²) in [4.78, 5) is 19.8. The summed E-state index contributed by atoms with van der Waals surface area (Å²) >= 11 is 0. The molecule has 1 aromatic carbocycles. The van der Waals surface area contributed by atoms with Gasteiger partial charge in [0.15, 0.2) is 5.69 Å². The number of aromatic nitrogens is 2. The van der Waals surface area contributed by atoms with Crippen LogP contribution in [0.25, 0.3) is 0 Å².